The highest BCUT2D eigenvalue weighted by atomic mass is 35.5. The van der Waals surface area contributed by atoms with Crippen LogP contribution in [0.3, 0.4) is 0 Å². The van der Waals surface area contributed by atoms with E-state index in [1.54, 1.807) is 7.11 Å². The first kappa shape index (κ1) is 11.4. The molecule has 1 heterocycles. The van der Waals surface area contributed by atoms with E-state index in [4.69, 9.17) is 16.3 Å². The van der Waals surface area contributed by atoms with Crippen molar-refractivity contribution in [3.8, 4) is 17.0 Å². The van der Waals surface area contributed by atoms with Crippen molar-refractivity contribution in [3.63, 3.8) is 0 Å². The van der Waals surface area contributed by atoms with Crippen LogP contribution in [0.2, 0.25) is 4.47 Å². The van der Waals surface area contributed by atoms with E-state index in [9.17, 15) is 5.11 Å². The van der Waals surface area contributed by atoms with Crippen LogP contribution < -0.4 is 4.74 Å². The molecule has 0 aliphatic carbocycles. The quantitative estimate of drug-likeness (QED) is 0.917. The predicted molar refractivity (Wildman–Crippen MR) is 65.0 cm³/mol. The third kappa shape index (κ3) is 2.19. The summed E-state index contributed by atoms with van der Waals surface area (Å²) in [5, 5.41) is 9.20. The second-order valence-electron chi connectivity index (χ2n) is 3.13. The zero-order valence-corrected chi connectivity index (χ0v) is 10.2. The molecule has 0 unspecified atom stereocenters. The van der Waals surface area contributed by atoms with Crippen LogP contribution in [0.15, 0.2) is 24.3 Å². The average Bonchev–Trinajstić information content (AvgIpc) is 2.70. The van der Waals surface area contributed by atoms with Crippen LogP contribution in [0.25, 0.3) is 11.3 Å². The molecule has 1 aromatic carbocycles. The van der Waals surface area contributed by atoms with Gasteiger partial charge < -0.3 is 9.84 Å². The van der Waals surface area contributed by atoms with Crippen molar-refractivity contribution in [2.24, 2.45) is 0 Å². The van der Waals surface area contributed by atoms with Gasteiger partial charge in [0.2, 0.25) is 0 Å². The van der Waals surface area contributed by atoms with E-state index in [0.29, 0.717) is 4.47 Å². The summed E-state index contributed by atoms with van der Waals surface area (Å²) in [4.78, 5) is 4.96. The molecule has 3 nitrogen and oxygen atoms in total. The second kappa shape index (κ2) is 4.82. The fraction of sp³-hybridized carbons (Fsp3) is 0.182. The fourth-order valence-electron chi connectivity index (χ4n) is 1.43. The third-order valence-corrected chi connectivity index (χ3v) is 3.30. The van der Waals surface area contributed by atoms with E-state index >= 15 is 0 Å². The summed E-state index contributed by atoms with van der Waals surface area (Å²) in [7, 11) is 1.61. The van der Waals surface area contributed by atoms with Crippen molar-refractivity contribution in [2.45, 2.75) is 6.61 Å². The van der Waals surface area contributed by atoms with Gasteiger partial charge in [-0.25, -0.2) is 4.98 Å². The molecule has 2 rings (SSSR count). The van der Waals surface area contributed by atoms with E-state index in [-0.39, 0.29) is 6.61 Å². The number of hydrogen-bond donors (Lipinski definition) is 1. The summed E-state index contributed by atoms with van der Waals surface area (Å²) >= 11 is 7.12. The predicted octanol–water partition coefficient (Wildman–Crippen LogP) is 2.96. The molecule has 5 heteroatoms. The molecule has 0 saturated carbocycles. The number of rotatable bonds is 3. The number of methoxy groups -OCH3 is 1. The number of thiazole rings is 1. The Labute approximate surface area is 102 Å². The van der Waals surface area contributed by atoms with Gasteiger partial charge in [-0.15, -0.1) is 11.3 Å². The van der Waals surface area contributed by atoms with Gasteiger partial charge in [0, 0.05) is 5.56 Å². The van der Waals surface area contributed by atoms with Crippen LogP contribution in [-0.2, 0) is 6.61 Å². The monoisotopic (exact) mass is 255 g/mol. The van der Waals surface area contributed by atoms with Crippen molar-refractivity contribution in [2.75, 3.05) is 7.11 Å². The number of halogens is 1. The minimum Gasteiger partial charge on any atom is -0.497 e. The first-order chi connectivity index (χ1) is 7.74. The van der Waals surface area contributed by atoms with Gasteiger partial charge in [0.15, 0.2) is 4.47 Å². The van der Waals surface area contributed by atoms with Crippen molar-refractivity contribution in [1.29, 1.82) is 0 Å². The summed E-state index contributed by atoms with van der Waals surface area (Å²) in [6.07, 6.45) is 0. The number of ether oxygens (including phenoxy) is 1. The molecule has 0 radical (unpaired) electrons. The lowest BCUT2D eigenvalue weighted by atomic mass is 10.1. The summed E-state index contributed by atoms with van der Waals surface area (Å²) in [6, 6.07) is 7.51. The molecule has 0 aliphatic rings. The lowest BCUT2D eigenvalue weighted by Gasteiger charge is -2.03. The van der Waals surface area contributed by atoms with Crippen LogP contribution in [-0.4, -0.2) is 17.2 Å². The molecule has 0 saturated heterocycles. The summed E-state index contributed by atoms with van der Waals surface area (Å²) < 4.78 is 5.57. The van der Waals surface area contributed by atoms with Crippen molar-refractivity contribution in [3.05, 3.63) is 33.6 Å². The summed E-state index contributed by atoms with van der Waals surface area (Å²) in [5.74, 6) is 0.755. The average molecular weight is 256 g/mol. The SMILES string of the molecule is COc1cccc(-c2nc(Cl)sc2CO)c1. The normalized spacial score (nSPS) is 10.4. The molecule has 1 aromatic heterocycles. The topological polar surface area (TPSA) is 42.4 Å². The van der Waals surface area contributed by atoms with Crippen molar-refractivity contribution in [1.82, 2.24) is 4.98 Å². The Hall–Kier alpha value is -1.10. The molecular formula is C11H10ClNO2S. The number of aliphatic hydroxyl groups excluding tert-OH is 1. The molecule has 16 heavy (non-hydrogen) atoms. The van der Waals surface area contributed by atoms with Gasteiger partial charge in [0.25, 0.3) is 0 Å². The zero-order valence-electron chi connectivity index (χ0n) is 8.61. The number of nitrogens with zero attached hydrogens (tertiary/aromatic N) is 1. The zero-order chi connectivity index (χ0) is 11.5. The molecule has 0 bridgehead atoms. The molecule has 1 N–H and O–H groups in total. The standard InChI is InChI=1S/C11H10ClNO2S/c1-15-8-4-2-3-7(5-8)10-9(6-14)16-11(12)13-10/h2-5,14H,6H2,1H3. The number of benzene rings is 1. The van der Waals surface area contributed by atoms with Gasteiger partial charge in [-0.05, 0) is 12.1 Å². The number of aliphatic hydroxyl groups is 1. The van der Waals surface area contributed by atoms with Crippen molar-refractivity contribution >= 4 is 22.9 Å². The van der Waals surface area contributed by atoms with E-state index in [1.807, 2.05) is 24.3 Å². The highest BCUT2D eigenvalue weighted by molar-refractivity contribution is 7.16. The van der Waals surface area contributed by atoms with Crippen LogP contribution in [0, 0.1) is 0 Å². The minimum atomic E-state index is -0.0586. The Balaban J connectivity index is 2.48. The first-order valence-electron chi connectivity index (χ1n) is 4.65. The Morgan fingerprint density at radius 2 is 2.31 bits per heavy atom. The lowest BCUT2D eigenvalue weighted by Crippen LogP contribution is -1.87. The molecule has 2 aromatic rings. The molecule has 0 atom stereocenters. The summed E-state index contributed by atoms with van der Waals surface area (Å²) in [5.41, 5.74) is 1.61. The van der Waals surface area contributed by atoms with Crippen LogP contribution in [0.4, 0.5) is 0 Å². The van der Waals surface area contributed by atoms with Gasteiger partial charge in [0.05, 0.1) is 24.3 Å². The fourth-order valence-corrected chi connectivity index (χ4v) is 2.46. The van der Waals surface area contributed by atoms with Crippen LogP contribution in [0.1, 0.15) is 4.88 Å². The van der Waals surface area contributed by atoms with Gasteiger partial charge in [-0.1, -0.05) is 23.7 Å². The summed E-state index contributed by atoms with van der Waals surface area (Å²) in [6.45, 7) is -0.0586. The van der Waals surface area contributed by atoms with Gasteiger partial charge >= 0.3 is 0 Å². The maximum Gasteiger partial charge on any atom is 0.184 e. The lowest BCUT2D eigenvalue weighted by molar-refractivity contribution is 0.286. The van der Waals surface area contributed by atoms with Crippen LogP contribution in [0.5, 0.6) is 5.75 Å². The van der Waals surface area contributed by atoms with Gasteiger partial charge in [0.1, 0.15) is 5.75 Å². The van der Waals surface area contributed by atoms with Crippen molar-refractivity contribution < 1.29 is 9.84 Å². The largest absolute Gasteiger partial charge is 0.497 e. The van der Waals surface area contributed by atoms with E-state index < -0.39 is 0 Å². The molecule has 84 valence electrons. The molecule has 0 amide bonds. The second-order valence-corrected chi connectivity index (χ2v) is 4.79. The maximum atomic E-state index is 9.20. The minimum absolute atomic E-state index is 0.0586. The molecular weight excluding hydrogens is 246 g/mol. The highest BCUT2D eigenvalue weighted by Crippen LogP contribution is 2.32. The Morgan fingerprint density at radius 1 is 1.50 bits per heavy atom. The maximum absolute atomic E-state index is 9.20. The smallest absolute Gasteiger partial charge is 0.184 e. The Morgan fingerprint density at radius 3 is 3.00 bits per heavy atom. The number of hydrogen-bond acceptors (Lipinski definition) is 4. The third-order valence-electron chi connectivity index (χ3n) is 2.16. The molecule has 0 spiro atoms. The van der Waals surface area contributed by atoms with Gasteiger partial charge in [-0.3, -0.25) is 0 Å². The Kier molecular flexibility index (Phi) is 3.43. The molecule has 0 aliphatic heterocycles. The van der Waals surface area contributed by atoms with Crippen LogP contribution >= 0.6 is 22.9 Å². The van der Waals surface area contributed by atoms with Gasteiger partial charge in [-0.2, -0.15) is 0 Å². The van der Waals surface area contributed by atoms with E-state index in [2.05, 4.69) is 4.98 Å². The Bertz CT molecular complexity index is 498. The molecule has 0 fully saturated rings. The first-order valence-corrected chi connectivity index (χ1v) is 5.84. The van der Waals surface area contributed by atoms with E-state index in [0.717, 1.165) is 21.9 Å². The van der Waals surface area contributed by atoms with E-state index in [1.165, 1.54) is 11.3 Å². The number of aromatic nitrogens is 1. The highest BCUT2D eigenvalue weighted by Gasteiger charge is 2.11.